The minimum Gasteiger partial charge on any atom is -0.247 e. The van der Waals surface area contributed by atoms with Crippen molar-refractivity contribution in [2.24, 2.45) is 0 Å². The number of aromatic nitrogens is 3. The highest BCUT2D eigenvalue weighted by atomic mass is 15.3. The normalized spacial score (nSPS) is 9.91. The average molecular weight is 285 g/mol. The first-order valence-corrected chi connectivity index (χ1v) is 6.68. The van der Waals surface area contributed by atoms with Crippen molar-refractivity contribution in [2.75, 3.05) is 0 Å². The van der Waals surface area contributed by atoms with Crippen LogP contribution in [0.15, 0.2) is 54.9 Å². The summed E-state index contributed by atoms with van der Waals surface area (Å²) in [6, 6.07) is 19.6. The Morgan fingerprint density at radius 2 is 1.73 bits per heavy atom. The van der Waals surface area contributed by atoms with E-state index in [9.17, 15) is 0 Å². The van der Waals surface area contributed by atoms with Gasteiger partial charge in [-0.05, 0) is 22.8 Å². The van der Waals surface area contributed by atoms with Crippen molar-refractivity contribution < 1.29 is 0 Å². The Labute approximate surface area is 127 Å². The molecule has 0 N–H and O–H groups in total. The van der Waals surface area contributed by atoms with Gasteiger partial charge in [-0.15, -0.1) is 5.10 Å². The lowest BCUT2D eigenvalue weighted by Crippen LogP contribution is -2.00. The molecule has 1 heterocycles. The Hall–Kier alpha value is -3.44. The first-order chi connectivity index (χ1) is 10.8. The Balaban J connectivity index is 1.84. The van der Waals surface area contributed by atoms with E-state index in [4.69, 9.17) is 10.5 Å². The predicted molar refractivity (Wildman–Crippen MR) is 80.4 cm³/mol. The third-order valence-corrected chi connectivity index (χ3v) is 3.29. The molecule has 0 amide bonds. The fourth-order valence-corrected chi connectivity index (χ4v) is 2.23. The molecule has 0 aliphatic carbocycles. The highest BCUT2D eigenvalue weighted by molar-refractivity contribution is 5.70. The second kappa shape index (κ2) is 5.90. The van der Waals surface area contributed by atoms with Crippen LogP contribution < -0.4 is 0 Å². The molecule has 0 atom stereocenters. The van der Waals surface area contributed by atoms with Crippen LogP contribution in [-0.4, -0.2) is 14.8 Å². The van der Waals surface area contributed by atoms with E-state index in [1.165, 1.54) is 6.33 Å². The number of hydrogen-bond donors (Lipinski definition) is 0. The summed E-state index contributed by atoms with van der Waals surface area (Å²) in [6.45, 7) is 0.550. The molecule has 0 saturated carbocycles. The summed E-state index contributed by atoms with van der Waals surface area (Å²) < 4.78 is 1.62. The van der Waals surface area contributed by atoms with Gasteiger partial charge in [-0.25, -0.2) is 9.67 Å². The first-order valence-electron chi connectivity index (χ1n) is 6.68. The summed E-state index contributed by atoms with van der Waals surface area (Å²) in [6.07, 6.45) is 1.54. The standard InChI is InChI=1S/C17H11N5/c18-9-15-3-1-2-4-16(15)14-7-5-13(6-8-14)11-22-12-20-17(10-19)21-22/h1-8,12H,11H2. The summed E-state index contributed by atoms with van der Waals surface area (Å²) in [7, 11) is 0. The fraction of sp³-hybridized carbons (Fsp3) is 0.0588. The molecule has 3 aromatic rings. The van der Waals surface area contributed by atoms with Crippen LogP contribution >= 0.6 is 0 Å². The molecule has 1 aromatic heterocycles. The molecule has 0 saturated heterocycles. The lowest BCUT2D eigenvalue weighted by atomic mass is 9.99. The number of rotatable bonds is 3. The van der Waals surface area contributed by atoms with E-state index < -0.39 is 0 Å². The Morgan fingerprint density at radius 1 is 0.955 bits per heavy atom. The molecule has 0 aliphatic rings. The molecule has 5 nitrogen and oxygen atoms in total. The molecule has 3 rings (SSSR count). The van der Waals surface area contributed by atoms with Crippen molar-refractivity contribution in [3.8, 4) is 23.3 Å². The van der Waals surface area contributed by atoms with Crippen LogP contribution in [0, 0.1) is 22.7 Å². The van der Waals surface area contributed by atoms with Crippen LogP contribution in [0.25, 0.3) is 11.1 Å². The third-order valence-electron chi connectivity index (χ3n) is 3.29. The summed E-state index contributed by atoms with van der Waals surface area (Å²) in [5.41, 5.74) is 3.62. The third kappa shape index (κ3) is 2.70. The van der Waals surface area contributed by atoms with Crippen LogP contribution in [0.5, 0.6) is 0 Å². The van der Waals surface area contributed by atoms with Gasteiger partial charge >= 0.3 is 0 Å². The minimum absolute atomic E-state index is 0.166. The second-order valence-electron chi connectivity index (χ2n) is 4.73. The zero-order chi connectivity index (χ0) is 15.4. The molecule has 0 spiro atoms. The zero-order valence-corrected chi connectivity index (χ0v) is 11.6. The molecule has 0 aliphatic heterocycles. The van der Waals surface area contributed by atoms with Gasteiger partial charge in [0, 0.05) is 0 Å². The van der Waals surface area contributed by atoms with Gasteiger partial charge in [-0.1, -0.05) is 42.5 Å². The number of hydrogen-bond acceptors (Lipinski definition) is 4. The largest absolute Gasteiger partial charge is 0.252 e. The Morgan fingerprint density at radius 3 is 2.41 bits per heavy atom. The molecule has 0 bridgehead atoms. The summed E-state index contributed by atoms with van der Waals surface area (Å²) in [4.78, 5) is 3.87. The monoisotopic (exact) mass is 285 g/mol. The van der Waals surface area contributed by atoms with Crippen molar-refractivity contribution in [3.63, 3.8) is 0 Å². The maximum absolute atomic E-state index is 9.16. The molecule has 5 heteroatoms. The van der Waals surface area contributed by atoms with Crippen LogP contribution in [0.3, 0.4) is 0 Å². The lowest BCUT2D eigenvalue weighted by Gasteiger charge is -2.06. The van der Waals surface area contributed by atoms with E-state index in [-0.39, 0.29) is 5.82 Å². The van der Waals surface area contributed by atoms with Gasteiger partial charge in [0.25, 0.3) is 5.82 Å². The first kappa shape index (κ1) is 13.5. The Bertz CT molecular complexity index is 878. The molecular formula is C17H11N5. The topological polar surface area (TPSA) is 78.3 Å². The number of nitrogens with zero attached hydrogens (tertiary/aromatic N) is 5. The van der Waals surface area contributed by atoms with Crippen LogP contribution in [-0.2, 0) is 6.54 Å². The van der Waals surface area contributed by atoms with Gasteiger partial charge in [0.15, 0.2) is 0 Å². The fourth-order valence-electron chi connectivity index (χ4n) is 2.23. The van der Waals surface area contributed by atoms with Crippen LogP contribution in [0.4, 0.5) is 0 Å². The molecular weight excluding hydrogens is 274 g/mol. The summed E-state index contributed by atoms with van der Waals surface area (Å²) in [5.74, 6) is 0.166. The highest BCUT2D eigenvalue weighted by Crippen LogP contribution is 2.23. The van der Waals surface area contributed by atoms with Crippen LogP contribution in [0.2, 0.25) is 0 Å². The molecule has 0 unspecified atom stereocenters. The van der Waals surface area contributed by atoms with E-state index in [2.05, 4.69) is 16.2 Å². The molecule has 2 aromatic carbocycles. The molecule has 104 valence electrons. The van der Waals surface area contributed by atoms with E-state index in [0.717, 1.165) is 16.7 Å². The van der Waals surface area contributed by atoms with Gasteiger partial charge in [0.05, 0.1) is 18.2 Å². The number of benzene rings is 2. The van der Waals surface area contributed by atoms with E-state index in [1.807, 2.05) is 54.6 Å². The predicted octanol–water partition coefficient (Wildman–Crippen LogP) is 2.74. The molecule has 22 heavy (non-hydrogen) atoms. The number of nitriles is 2. The lowest BCUT2D eigenvalue weighted by molar-refractivity contribution is 0.682. The van der Waals surface area contributed by atoms with Crippen molar-refractivity contribution in [2.45, 2.75) is 6.54 Å². The summed E-state index contributed by atoms with van der Waals surface area (Å²) in [5, 5.41) is 21.9. The van der Waals surface area contributed by atoms with E-state index in [1.54, 1.807) is 4.68 Å². The maximum Gasteiger partial charge on any atom is 0.252 e. The van der Waals surface area contributed by atoms with Crippen LogP contribution in [0.1, 0.15) is 17.0 Å². The van der Waals surface area contributed by atoms with Crippen molar-refractivity contribution in [1.82, 2.24) is 14.8 Å². The smallest absolute Gasteiger partial charge is 0.247 e. The maximum atomic E-state index is 9.16. The highest BCUT2D eigenvalue weighted by Gasteiger charge is 2.05. The van der Waals surface area contributed by atoms with E-state index in [0.29, 0.717) is 12.1 Å². The minimum atomic E-state index is 0.166. The zero-order valence-electron chi connectivity index (χ0n) is 11.6. The van der Waals surface area contributed by atoms with E-state index >= 15 is 0 Å². The van der Waals surface area contributed by atoms with Crippen molar-refractivity contribution in [1.29, 1.82) is 10.5 Å². The van der Waals surface area contributed by atoms with Crippen molar-refractivity contribution >= 4 is 0 Å². The van der Waals surface area contributed by atoms with Gasteiger partial charge in [0.2, 0.25) is 0 Å². The van der Waals surface area contributed by atoms with Gasteiger partial charge in [-0.3, -0.25) is 0 Å². The Kier molecular flexibility index (Phi) is 3.63. The second-order valence-corrected chi connectivity index (χ2v) is 4.73. The average Bonchev–Trinajstić information content (AvgIpc) is 3.03. The quantitative estimate of drug-likeness (QED) is 0.741. The SMILES string of the molecule is N#Cc1ncn(Cc2ccc(-c3ccccc3C#N)cc2)n1. The van der Waals surface area contributed by atoms with Gasteiger partial charge in [0.1, 0.15) is 12.4 Å². The van der Waals surface area contributed by atoms with Crippen molar-refractivity contribution in [3.05, 3.63) is 71.8 Å². The molecule has 0 radical (unpaired) electrons. The molecule has 0 fully saturated rings. The summed E-state index contributed by atoms with van der Waals surface area (Å²) >= 11 is 0. The van der Waals surface area contributed by atoms with Gasteiger partial charge in [-0.2, -0.15) is 10.5 Å². The van der Waals surface area contributed by atoms with Gasteiger partial charge < -0.3 is 0 Å².